The summed E-state index contributed by atoms with van der Waals surface area (Å²) >= 11 is 0. The monoisotopic (exact) mass is 288 g/mol. The first-order valence-corrected chi connectivity index (χ1v) is 6.85. The normalized spacial score (nSPS) is 10.9. The van der Waals surface area contributed by atoms with Gasteiger partial charge in [0.2, 0.25) is 0 Å². The number of aromatic carboxylic acids is 1. The van der Waals surface area contributed by atoms with E-state index in [1.54, 1.807) is 16.8 Å². The highest BCUT2D eigenvalue weighted by molar-refractivity contribution is 5.88. The third-order valence-corrected chi connectivity index (χ3v) is 3.26. The van der Waals surface area contributed by atoms with Gasteiger partial charge in [-0.25, -0.2) is 9.78 Å². The van der Waals surface area contributed by atoms with E-state index in [1.807, 2.05) is 34.0 Å². The van der Waals surface area contributed by atoms with Crippen LogP contribution in [0.25, 0.3) is 0 Å². The van der Waals surface area contributed by atoms with E-state index < -0.39 is 5.97 Å². The molecule has 6 nitrogen and oxygen atoms in total. The Kier molecular flexibility index (Phi) is 4.26. The van der Waals surface area contributed by atoms with Gasteiger partial charge in [-0.3, -0.25) is 4.68 Å². The van der Waals surface area contributed by atoms with E-state index in [4.69, 9.17) is 0 Å². The van der Waals surface area contributed by atoms with E-state index in [2.05, 4.69) is 15.4 Å². The summed E-state index contributed by atoms with van der Waals surface area (Å²) < 4.78 is 1.76. The molecule has 0 bridgehead atoms. The van der Waals surface area contributed by atoms with Crippen LogP contribution >= 0.6 is 0 Å². The number of anilines is 1. The summed E-state index contributed by atoms with van der Waals surface area (Å²) in [7, 11) is 1.87. The Labute approximate surface area is 123 Å². The van der Waals surface area contributed by atoms with Gasteiger partial charge in [0.25, 0.3) is 0 Å². The number of hydrogen-bond donors (Lipinski definition) is 2. The van der Waals surface area contributed by atoms with Crippen LogP contribution in [0.3, 0.4) is 0 Å². The molecular weight excluding hydrogens is 268 g/mol. The molecule has 2 aromatic rings. The molecular formula is C15H20N4O2. The Balaban J connectivity index is 2.22. The predicted octanol–water partition coefficient (Wildman–Crippen LogP) is 2.56. The number of nitrogens with zero attached hydrogens (tertiary/aromatic N) is 3. The summed E-state index contributed by atoms with van der Waals surface area (Å²) in [4.78, 5) is 15.7. The highest BCUT2D eigenvalue weighted by atomic mass is 16.4. The van der Waals surface area contributed by atoms with Crippen LogP contribution in [0.2, 0.25) is 0 Å². The van der Waals surface area contributed by atoms with E-state index in [-0.39, 0.29) is 11.5 Å². The van der Waals surface area contributed by atoms with Crippen LogP contribution in [-0.4, -0.2) is 25.8 Å². The topological polar surface area (TPSA) is 80.0 Å². The zero-order chi connectivity index (χ0) is 15.6. The third-order valence-electron chi connectivity index (χ3n) is 3.26. The second-order valence-electron chi connectivity index (χ2n) is 5.39. The lowest BCUT2D eigenvalue weighted by molar-refractivity contribution is 0.0696. The van der Waals surface area contributed by atoms with Crippen molar-refractivity contribution in [3.63, 3.8) is 0 Å². The summed E-state index contributed by atoms with van der Waals surface area (Å²) in [6.07, 6.45) is 1.94. The molecule has 0 unspecified atom stereocenters. The molecule has 0 amide bonds. The second-order valence-corrected chi connectivity index (χ2v) is 5.39. The minimum atomic E-state index is -0.945. The first kappa shape index (κ1) is 15.0. The van der Waals surface area contributed by atoms with Crippen LogP contribution in [0.1, 0.15) is 47.1 Å². The van der Waals surface area contributed by atoms with Gasteiger partial charge in [0, 0.05) is 31.0 Å². The molecule has 0 radical (unpaired) electrons. The summed E-state index contributed by atoms with van der Waals surface area (Å²) in [6, 6.07) is 3.17. The average Bonchev–Trinajstić information content (AvgIpc) is 2.74. The minimum Gasteiger partial charge on any atom is -0.478 e. The Morgan fingerprint density at radius 3 is 2.67 bits per heavy atom. The number of rotatable bonds is 5. The maximum absolute atomic E-state index is 11.2. The molecule has 0 saturated heterocycles. The molecule has 0 aliphatic rings. The fraction of sp³-hybridized carbons (Fsp3) is 0.400. The Morgan fingerprint density at radius 2 is 2.14 bits per heavy atom. The summed E-state index contributed by atoms with van der Waals surface area (Å²) in [6.45, 7) is 6.48. The van der Waals surface area contributed by atoms with Crippen molar-refractivity contribution in [3.8, 4) is 0 Å². The smallest absolute Gasteiger partial charge is 0.335 e. The lowest BCUT2D eigenvalue weighted by atomic mass is 10.1. The number of carboxylic acid groups (broad SMARTS) is 1. The number of aryl methyl sites for hydroxylation is 2. The Hall–Kier alpha value is -2.37. The first-order chi connectivity index (χ1) is 9.86. The van der Waals surface area contributed by atoms with E-state index in [0.29, 0.717) is 12.4 Å². The Morgan fingerprint density at radius 1 is 1.43 bits per heavy atom. The van der Waals surface area contributed by atoms with E-state index in [1.165, 1.54) is 0 Å². The molecule has 0 fully saturated rings. The van der Waals surface area contributed by atoms with Crippen LogP contribution in [0.4, 0.5) is 5.82 Å². The van der Waals surface area contributed by atoms with Crippen molar-refractivity contribution in [2.24, 2.45) is 7.05 Å². The van der Waals surface area contributed by atoms with Gasteiger partial charge in [-0.15, -0.1) is 0 Å². The molecule has 2 rings (SSSR count). The molecule has 0 aliphatic carbocycles. The van der Waals surface area contributed by atoms with Crippen molar-refractivity contribution in [2.45, 2.75) is 33.2 Å². The number of aromatic nitrogens is 3. The van der Waals surface area contributed by atoms with Crippen LogP contribution < -0.4 is 5.32 Å². The van der Waals surface area contributed by atoms with Crippen molar-refractivity contribution in [3.05, 3.63) is 40.8 Å². The fourth-order valence-electron chi connectivity index (χ4n) is 2.07. The highest BCUT2D eigenvalue weighted by Gasteiger charge is 2.11. The third kappa shape index (κ3) is 3.59. The maximum atomic E-state index is 11.2. The number of carbonyl (C=O) groups is 1. The molecule has 2 heterocycles. The van der Waals surface area contributed by atoms with Gasteiger partial charge < -0.3 is 10.4 Å². The van der Waals surface area contributed by atoms with Crippen molar-refractivity contribution >= 4 is 11.8 Å². The molecule has 0 atom stereocenters. The molecule has 2 aromatic heterocycles. The molecule has 21 heavy (non-hydrogen) atoms. The molecule has 0 aliphatic heterocycles. The van der Waals surface area contributed by atoms with Crippen LogP contribution in [0.5, 0.6) is 0 Å². The zero-order valence-corrected chi connectivity index (χ0v) is 12.7. The zero-order valence-electron chi connectivity index (χ0n) is 12.7. The molecule has 2 N–H and O–H groups in total. The van der Waals surface area contributed by atoms with E-state index in [0.717, 1.165) is 17.0 Å². The van der Waals surface area contributed by atoms with Gasteiger partial charge >= 0.3 is 5.97 Å². The molecule has 112 valence electrons. The summed E-state index contributed by atoms with van der Waals surface area (Å²) in [5, 5.41) is 16.6. The second kappa shape index (κ2) is 5.95. The lowest BCUT2D eigenvalue weighted by Crippen LogP contribution is -2.07. The number of carboxylic acids is 1. The SMILES string of the molecule is Cc1nn(C)cc1CNc1cc(C(=O)O)cc(C(C)C)n1. The van der Waals surface area contributed by atoms with Gasteiger partial charge in [0.05, 0.1) is 11.3 Å². The molecule has 0 saturated carbocycles. The quantitative estimate of drug-likeness (QED) is 0.883. The number of hydrogen-bond acceptors (Lipinski definition) is 4. The summed E-state index contributed by atoms with van der Waals surface area (Å²) in [5.74, 6) is -0.202. The standard InChI is InChI=1S/C15H20N4O2/c1-9(2)13-5-11(15(20)21)6-14(17-13)16-7-12-8-19(4)18-10(12)3/h5-6,8-9H,7H2,1-4H3,(H,16,17)(H,20,21). The van der Waals surface area contributed by atoms with Crippen LogP contribution in [-0.2, 0) is 13.6 Å². The first-order valence-electron chi connectivity index (χ1n) is 6.85. The van der Waals surface area contributed by atoms with Gasteiger partial charge in [-0.2, -0.15) is 5.10 Å². The van der Waals surface area contributed by atoms with Crippen molar-refractivity contribution in [2.75, 3.05) is 5.32 Å². The molecule has 6 heteroatoms. The van der Waals surface area contributed by atoms with Gasteiger partial charge in [0.15, 0.2) is 0 Å². The molecule has 0 spiro atoms. The number of pyridine rings is 1. The van der Waals surface area contributed by atoms with E-state index in [9.17, 15) is 9.90 Å². The average molecular weight is 288 g/mol. The molecule has 0 aromatic carbocycles. The van der Waals surface area contributed by atoms with Gasteiger partial charge in [-0.1, -0.05) is 13.8 Å². The summed E-state index contributed by atoms with van der Waals surface area (Å²) in [5.41, 5.74) is 3.02. The largest absolute Gasteiger partial charge is 0.478 e. The highest BCUT2D eigenvalue weighted by Crippen LogP contribution is 2.18. The minimum absolute atomic E-state index is 0.171. The lowest BCUT2D eigenvalue weighted by Gasteiger charge is -2.11. The van der Waals surface area contributed by atoms with Crippen LogP contribution in [0.15, 0.2) is 18.3 Å². The van der Waals surface area contributed by atoms with Crippen molar-refractivity contribution < 1.29 is 9.90 Å². The number of nitrogens with one attached hydrogen (secondary N) is 1. The van der Waals surface area contributed by atoms with Gasteiger partial charge in [-0.05, 0) is 25.0 Å². The van der Waals surface area contributed by atoms with Crippen molar-refractivity contribution in [1.82, 2.24) is 14.8 Å². The maximum Gasteiger partial charge on any atom is 0.335 e. The van der Waals surface area contributed by atoms with Crippen molar-refractivity contribution in [1.29, 1.82) is 0 Å². The van der Waals surface area contributed by atoms with E-state index >= 15 is 0 Å². The van der Waals surface area contributed by atoms with Gasteiger partial charge in [0.1, 0.15) is 5.82 Å². The predicted molar refractivity (Wildman–Crippen MR) is 80.6 cm³/mol. The fourth-order valence-corrected chi connectivity index (χ4v) is 2.07. The Bertz CT molecular complexity index is 662. The van der Waals surface area contributed by atoms with Crippen LogP contribution in [0, 0.1) is 6.92 Å².